The van der Waals surface area contributed by atoms with E-state index >= 15 is 0 Å². The molecule has 2 N–H and O–H groups in total. The molecule has 0 bridgehead atoms. The predicted molar refractivity (Wildman–Crippen MR) is 68.9 cm³/mol. The van der Waals surface area contributed by atoms with E-state index in [9.17, 15) is 0 Å². The van der Waals surface area contributed by atoms with Gasteiger partial charge in [0.1, 0.15) is 0 Å². The van der Waals surface area contributed by atoms with Gasteiger partial charge in [0.25, 0.3) is 0 Å². The Balaban J connectivity index is 1.97. The van der Waals surface area contributed by atoms with Crippen LogP contribution in [0.25, 0.3) is 0 Å². The van der Waals surface area contributed by atoms with Gasteiger partial charge >= 0.3 is 0 Å². The molecule has 0 saturated heterocycles. The van der Waals surface area contributed by atoms with Crippen LogP contribution < -0.4 is 5.32 Å². The molecule has 0 unspecified atom stereocenters. The van der Waals surface area contributed by atoms with E-state index in [-0.39, 0.29) is 6.61 Å². The molecule has 88 valence electrons. The SMILES string of the molecule is OCc1ccc(NCc2cccc(Cl)c2)cn1. The molecule has 1 aromatic heterocycles. The van der Waals surface area contributed by atoms with Crippen LogP contribution in [-0.4, -0.2) is 10.1 Å². The maximum Gasteiger partial charge on any atom is 0.0852 e. The van der Waals surface area contributed by atoms with Gasteiger partial charge in [-0.05, 0) is 29.8 Å². The summed E-state index contributed by atoms with van der Waals surface area (Å²) in [7, 11) is 0. The number of hydrogen-bond acceptors (Lipinski definition) is 3. The average Bonchev–Trinajstić information content (AvgIpc) is 2.37. The summed E-state index contributed by atoms with van der Waals surface area (Å²) in [5, 5.41) is 12.8. The number of aromatic nitrogens is 1. The lowest BCUT2D eigenvalue weighted by Gasteiger charge is -2.06. The molecule has 1 aromatic carbocycles. The second-order valence-corrected chi connectivity index (χ2v) is 4.12. The summed E-state index contributed by atoms with van der Waals surface area (Å²) in [6, 6.07) is 11.4. The van der Waals surface area contributed by atoms with Crippen molar-refractivity contribution in [3.63, 3.8) is 0 Å². The fraction of sp³-hybridized carbons (Fsp3) is 0.154. The van der Waals surface area contributed by atoms with E-state index < -0.39 is 0 Å². The summed E-state index contributed by atoms with van der Waals surface area (Å²) in [5.41, 5.74) is 2.70. The summed E-state index contributed by atoms with van der Waals surface area (Å²) in [4.78, 5) is 4.09. The zero-order valence-corrected chi connectivity index (χ0v) is 9.98. The first-order valence-electron chi connectivity index (χ1n) is 5.32. The summed E-state index contributed by atoms with van der Waals surface area (Å²) in [5.74, 6) is 0. The maximum absolute atomic E-state index is 8.87. The molecular formula is C13H13ClN2O. The molecule has 0 amide bonds. The zero-order valence-electron chi connectivity index (χ0n) is 9.23. The Morgan fingerprint density at radius 1 is 1.24 bits per heavy atom. The molecule has 2 aromatic rings. The average molecular weight is 249 g/mol. The molecule has 0 radical (unpaired) electrons. The van der Waals surface area contributed by atoms with Gasteiger partial charge in [-0.3, -0.25) is 4.98 Å². The minimum absolute atomic E-state index is 0.0332. The van der Waals surface area contributed by atoms with Gasteiger partial charge in [-0.2, -0.15) is 0 Å². The van der Waals surface area contributed by atoms with Crippen LogP contribution in [0.15, 0.2) is 42.6 Å². The summed E-state index contributed by atoms with van der Waals surface area (Å²) in [6.07, 6.45) is 1.70. The summed E-state index contributed by atoms with van der Waals surface area (Å²) in [6.45, 7) is 0.662. The molecular weight excluding hydrogens is 236 g/mol. The number of nitrogens with zero attached hydrogens (tertiary/aromatic N) is 1. The highest BCUT2D eigenvalue weighted by Gasteiger charge is 1.96. The second-order valence-electron chi connectivity index (χ2n) is 3.68. The molecule has 3 nitrogen and oxygen atoms in total. The van der Waals surface area contributed by atoms with Crippen molar-refractivity contribution >= 4 is 17.3 Å². The molecule has 0 spiro atoms. The number of nitrogens with one attached hydrogen (secondary N) is 1. The number of benzene rings is 1. The first-order chi connectivity index (χ1) is 8.28. The largest absolute Gasteiger partial charge is 0.390 e. The minimum Gasteiger partial charge on any atom is -0.390 e. The third kappa shape index (κ3) is 3.44. The molecule has 0 aliphatic carbocycles. The molecule has 0 fully saturated rings. The van der Waals surface area contributed by atoms with E-state index in [0.29, 0.717) is 12.2 Å². The molecule has 0 atom stereocenters. The molecule has 17 heavy (non-hydrogen) atoms. The number of anilines is 1. The number of halogens is 1. The number of rotatable bonds is 4. The molecule has 0 aliphatic heterocycles. The molecule has 1 heterocycles. The summed E-state index contributed by atoms with van der Waals surface area (Å²) < 4.78 is 0. The van der Waals surface area contributed by atoms with Crippen molar-refractivity contribution in [1.82, 2.24) is 4.98 Å². The second kappa shape index (κ2) is 5.66. The third-order valence-electron chi connectivity index (χ3n) is 2.37. The Morgan fingerprint density at radius 2 is 2.12 bits per heavy atom. The first kappa shape index (κ1) is 11.9. The standard InChI is InChI=1S/C13H13ClN2O/c14-11-3-1-2-10(6-11)7-15-12-4-5-13(9-17)16-8-12/h1-6,8,15,17H,7,9H2. The van der Waals surface area contributed by atoms with Gasteiger partial charge in [0.15, 0.2) is 0 Å². The van der Waals surface area contributed by atoms with Crippen LogP contribution in [0.3, 0.4) is 0 Å². The highest BCUT2D eigenvalue weighted by Crippen LogP contribution is 2.13. The van der Waals surface area contributed by atoms with E-state index in [4.69, 9.17) is 16.7 Å². The Kier molecular flexibility index (Phi) is 3.96. The fourth-order valence-electron chi connectivity index (χ4n) is 1.47. The van der Waals surface area contributed by atoms with Crippen molar-refractivity contribution in [3.8, 4) is 0 Å². The highest BCUT2D eigenvalue weighted by atomic mass is 35.5. The molecule has 0 saturated carbocycles. The van der Waals surface area contributed by atoms with Gasteiger partial charge < -0.3 is 10.4 Å². The number of hydrogen-bond donors (Lipinski definition) is 2. The quantitative estimate of drug-likeness (QED) is 0.875. The topological polar surface area (TPSA) is 45.1 Å². The fourth-order valence-corrected chi connectivity index (χ4v) is 1.69. The molecule has 2 rings (SSSR count). The van der Waals surface area contributed by atoms with Crippen molar-refractivity contribution in [3.05, 3.63) is 58.9 Å². The third-order valence-corrected chi connectivity index (χ3v) is 2.61. The van der Waals surface area contributed by atoms with E-state index in [0.717, 1.165) is 16.3 Å². The Morgan fingerprint density at radius 3 is 2.76 bits per heavy atom. The van der Waals surface area contributed by atoms with Gasteiger partial charge in [-0.1, -0.05) is 23.7 Å². The van der Waals surface area contributed by atoms with Crippen molar-refractivity contribution in [2.24, 2.45) is 0 Å². The van der Waals surface area contributed by atoms with Crippen LogP contribution in [0.1, 0.15) is 11.3 Å². The monoisotopic (exact) mass is 248 g/mol. The van der Waals surface area contributed by atoms with Crippen LogP contribution in [-0.2, 0) is 13.2 Å². The number of aliphatic hydroxyl groups is 1. The van der Waals surface area contributed by atoms with Gasteiger partial charge in [0.2, 0.25) is 0 Å². The highest BCUT2D eigenvalue weighted by molar-refractivity contribution is 6.30. The van der Waals surface area contributed by atoms with Crippen LogP contribution >= 0.6 is 11.6 Å². The van der Waals surface area contributed by atoms with Gasteiger partial charge in [-0.15, -0.1) is 0 Å². The van der Waals surface area contributed by atoms with Gasteiger partial charge in [0.05, 0.1) is 24.2 Å². The van der Waals surface area contributed by atoms with Crippen molar-refractivity contribution in [1.29, 1.82) is 0 Å². The summed E-state index contributed by atoms with van der Waals surface area (Å²) >= 11 is 5.90. The van der Waals surface area contributed by atoms with Crippen LogP contribution in [0.4, 0.5) is 5.69 Å². The normalized spacial score (nSPS) is 10.2. The van der Waals surface area contributed by atoms with Gasteiger partial charge in [-0.25, -0.2) is 0 Å². The molecule has 4 heteroatoms. The van der Waals surface area contributed by atoms with E-state index in [1.807, 2.05) is 30.3 Å². The lowest BCUT2D eigenvalue weighted by Crippen LogP contribution is -2.00. The van der Waals surface area contributed by atoms with Crippen molar-refractivity contribution in [2.45, 2.75) is 13.2 Å². The first-order valence-corrected chi connectivity index (χ1v) is 5.70. The number of pyridine rings is 1. The van der Waals surface area contributed by atoms with Crippen LogP contribution in [0, 0.1) is 0 Å². The zero-order chi connectivity index (χ0) is 12.1. The minimum atomic E-state index is -0.0332. The predicted octanol–water partition coefficient (Wildman–Crippen LogP) is 2.84. The van der Waals surface area contributed by atoms with Crippen molar-refractivity contribution in [2.75, 3.05) is 5.32 Å². The number of aliphatic hydroxyl groups excluding tert-OH is 1. The van der Waals surface area contributed by atoms with Crippen LogP contribution in [0.2, 0.25) is 5.02 Å². The van der Waals surface area contributed by atoms with Crippen molar-refractivity contribution < 1.29 is 5.11 Å². The van der Waals surface area contributed by atoms with E-state index in [1.54, 1.807) is 12.3 Å². The van der Waals surface area contributed by atoms with E-state index in [2.05, 4.69) is 10.3 Å². The Bertz CT molecular complexity index is 485. The molecule has 0 aliphatic rings. The smallest absolute Gasteiger partial charge is 0.0852 e. The van der Waals surface area contributed by atoms with E-state index in [1.165, 1.54) is 0 Å². The lowest BCUT2D eigenvalue weighted by molar-refractivity contribution is 0.277. The van der Waals surface area contributed by atoms with Crippen LogP contribution in [0.5, 0.6) is 0 Å². The Labute approximate surface area is 105 Å². The lowest BCUT2D eigenvalue weighted by atomic mass is 10.2. The maximum atomic E-state index is 8.87. The van der Waals surface area contributed by atoms with Gasteiger partial charge in [0, 0.05) is 11.6 Å². The Hall–Kier alpha value is -1.58.